The molecule has 0 aliphatic carbocycles. The van der Waals surface area contributed by atoms with E-state index in [9.17, 15) is 24.9 Å². The number of aliphatic carboxylic acids is 2. The molecule has 5 N–H and O–H groups in total. The van der Waals surface area contributed by atoms with Gasteiger partial charge >= 0.3 is 17.7 Å². The summed E-state index contributed by atoms with van der Waals surface area (Å²) in [6, 6.07) is 12.0. The van der Waals surface area contributed by atoms with E-state index in [0.717, 1.165) is 11.1 Å². The normalized spacial score (nSPS) is 16.2. The molecule has 1 aliphatic rings. The van der Waals surface area contributed by atoms with Crippen molar-refractivity contribution in [3.8, 4) is 5.75 Å². The van der Waals surface area contributed by atoms with Gasteiger partial charge in [-0.1, -0.05) is 29.8 Å². The van der Waals surface area contributed by atoms with E-state index in [2.05, 4.69) is 10.6 Å². The molecule has 0 aromatic heterocycles. The van der Waals surface area contributed by atoms with Crippen LogP contribution < -0.4 is 15.4 Å². The lowest BCUT2D eigenvalue weighted by molar-refractivity contribution is -0.167. The Bertz CT molecular complexity index is 921. The Hall–Kier alpha value is -2.81. The number of anilines is 1. The fourth-order valence-corrected chi connectivity index (χ4v) is 3.33. The van der Waals surface area contributed by atoms with E-state index in [-0.39, 0.29) is 11.8 Å². The van der Waals surface area contributed by atoms with Crippen LogP contribution in [0.3, 0.4) is 0 Å². The fourth-order valence-electron chi connectivity index (χ4n) is 3.13. The number of ether oxygens (including phenoxy) is 1. The second-order valence-corrected chi connectivity index (χ2v) is 7.37. The lowest BCUT2D eigenvalue weighted by Crippen LogP contribution is -2.55. The molecule has 154 valence electrons. The number of aliphatic hydroxyl groups is 1. The van der Waals surface area contributed by atoms with Crippen molar-refractivity contribution in [2.45, 2.75) is 31.2 Å². The Morgan fingerprint density at radius 3 is 2.59 bits per heavy atom. The first-order valence-electron chi connectivity index (χ1n) is 8.95. The molecule has 0 spiro atoms. The summed E-state index contributed by atoms with van der Waals surface area (Å²) in [5, 5.41) is 35.0. The molecule has 9 heteroatoms. The van der Waals surface area contributed by atoms with Gasteiger partial charge in [-0.2, -0.15) is 0 Å². The molecule has 0 amide bonds. The van der Waals surface area contributed by atoms with Crippen LogP contribution >= 0.6 is 11.6 Å². The Morgan fingerprint density at radius 1 is 1.21 bits per heavy atom. The van der Waals surface area contributed by atoms with Crippen LogP contribution in [0.1, 0.15) is 24.2 Å². The maximum atomic E-state index is 11.4. The van der Waals surface area contributed by atoms with Crippen molar-refractivity contribution in [2.24, 2.45) is 0 Å². The minimum absolute atomic E-state index is 0.00656. The number of carboxylic acids is 2. The molecular weight excluding hydrogens is 400 g/mol. The highest BCUT2D eigenvalue weighted by atomic mass is 35.5. The third-order valence-electron chi connectivity index (χ3n) is 4.66. The van der Waals surface area contributed by atoms with E-state index in [0.29, 0.717) is 23.7 Å². The lowest BCUT2D eigenvalue weighted by Gasteiger charge is -2.18. The van der Waals surface area contributed by atoms with Gasteiger partial charge in [-0.05, 0) is 48.7 Å². The van der Waals surface area contributed by atoms with Crippen LogP contribution in [-0.4, -0.2) is 45.6 Å². The van der Waals surface area contributed by atoms with E-state index < -0.39 is 23.8 Å². The van der Waals surface area contributed by atoms with Crippen LogP contribution in [0.25, 0.3) is 0 Å². The van der Waals surface area contributed by atoms with Gasteiger partial charge in [-0.25, -0.2) is 9.59 Å². The zero-order valence-electron chi connectivity index (χ0n) is 15.6. The van der Waals surface area contributed by atoms with Gasteiger partial charge in [0, 0.05) is 17.6 Å². The van der Waals surface area contributed by atoms with Crippen molar-refractivity contribution in [1.82, 2.24) is 5.32 Å². The molecule has 2 aromatic rings. The summed E-state index contributed by atoms with van der Waals surface area (Å²) in [6.45, 7) is 2.27. The number of benzene rings is 2. The molecule has 2 aromatic carbocycles. The standard InChI is InChI=1S/C20H21ClN2O6/c1-11(22-10-16(24)13-3-2-4-14(21)9-13)7-12-5-6-17-15(8-12)23-20(29-17,18(25)26)19(27)28/h2-6,8-9,11,16,22-24H,7,10H2,1H3,(H,25,26)(H,27,28). The van der Waals surface area contributed by atoms with Gasteiger partial charge in [0.1, 0.15) is 5.75 Å². The highest BCUT2D eigenvalue weighted by Crippen LogP contribution is 2.38. The number of halogens is 1. The van der Waals surface area contributed by atoms with Gasteiger partial charge in [-0.15, -0.1) is 0 Å². The second-order valence-electron chi connectivity index (χ2n) is 6.93. The molecule has 3 rings (SSSR count). The number of aliphatic hydroxyl groups excluding tert-OH is 1. The maximum Gasteiger partial charge on any atom is 0.382 e. The van der Waals surface area contributed by atoms with Crippen molar-refractivity contribution < 1.29 is 29.6 Å². The van der Waals surface area contributed by atoms with Crippen LogP contribution in [0.4, 0.5) is 5.69 Å². The van der Waals surface area contributed by atoms with Crippen LogP contribution in [0.15, 0.2) is 42.5 Å². The van der Waals surface area contributed by atoms with Crippen LogP contribution in [0.2, 0.25) is 5.02 Å². The number of fused-ring (bicyclic) bond motifs is 1. The first-order valence-corrected chi connectivity index (χ1v) is 9.33. The molecule has 0 bridgehead atoms. The molecule has 29 heavy (non-hydrogen) atoms. The largest absolute Gasteiger partial charge is 0.476 e. The van der Waals surface area contributed by atoms with Crippen LogP contribution in [0, 0.1) is 0 Å². The molecule has 1 aliphatic heterocycles. The minimum Gasteiger partial charge on any atom is -0.476 e. The second kappa shape index (κ2) is 8.28. The third-order valence-corrected chi connectivity index (χ3v) is 4.89. The fraction of sp³-hybridized carbons (Fsp3) is 0.300. The molecule has 0 radical (unpaired) electrons. The third kappa shape index (κ3) is 4.45. The predicted molar refractivity (Wildman–Crippen MR) is 106 cm³/mol. The number of rotatable bonds is 8. The number of nitrogens with one attached hydrogen (secondary N) is 2. The number of carbonyl (C=O) groups is 2. The zero-order chi connectivity index (χ0) is 21.2. The van der Waals surface area contributed by atoms with Crippen LogP contribution in [-0.2, 0) is 16.0 Å². The Kier molecular flexibility index (Phi) is 5.97. The lowest BCUT2D eigenvalue weighted by atomic mass is 10.0. The zero-order valence-corrected chi connectivity index (χ0v) is 16.3. The first-order chi connectivity index (χ1) is 13.7. The van der Waals surface area contributed by atoms with Crippen molar-refractivity contribution in [3.63, 3.8) is 0 Å². The monoisotopic (exact) mass is 420 g/mol. The molecule has 0 fully saturated rings. The summed E-state index contributed by atoms with van der Waals surface area (Å²) in [6.07, 6.45) is -0.136. The van der Waals surface area contributed by atoms with Crippen molar-refractivity contribution in [2.75, 3.05) is 11.9 Å². The van der Waals surface area contributed by atoms with E-state index in [1.807, 2.05) is 6.92 Å². The average Bonchev–Trinajstić information content (AvgIpc) is 3.06. The van der Waals surface area contributed by atoms with E-state index in [1.165, 1.54) is 0 Å². The van der Waals surface area contributed by atoms with Gasteiger partial charge < -0.3 is 30.7 Å². The smallest absolute Gasteiger partial charge is 0.382 e. The number of hydrogen-bond acceptors (Lipinski definition) is 6. The summed E-state index contributed by atoms with van der Waals surface area (Å²) in [5.74, 6) is -3.10. The summed E-state index contributed by atoms with van der Waals surface area (Å²) < 4.78 is 5.15. The quantitative estimate of drug-likeness (QED) is 0.411. The van der Waals surface area contributed by atoms with E-state index in [1.54, 1.807) is 42.5 Å². The Morgan fingerprint density at radius 2 is 1.93 bits per heavy atom. The van der Waals surface area contributed by atoms with Gasteiger partial charge in [0.05, 0.1) is 11.8 Å². The van der Waals surface area contributed by atoms with Gasteiger partial charge in [-0.3, -0.25) is 0 Å². The molecule has 1 heterocycles. The number of hydrogen-bond donors (Lipinski definition) is 5. The topological polar surface area (TPSA) is 128 Å². The highest BCUT2D eigenvalue weighted by molar-refractivity contribution is 6.30. The SMILES string of the molecule is CC(Cc1ccc2c(c1)NC(C(=O)O)(C(=O)O)O2)NCC(O)c1cccc(Cl)c1. The first kappa shape index (κ1) is 20.9. The van der Waals surface area contributed by atoms with Crippen molar-refractivity contribution >= 4 is 29.2 Å². The molecule has 2 unspecified atom stereocenters. The minimum atomic E-state index is -2.52. The molecule has 0 saturated carbocycles. The van der Waals surface area contributed by atoms with Gasteiger partial charge in [0.2, 0.25) is 0 Å². The molecule has 0 saturated heterocycles. The highest BCUT2D eigenvalue weighted by Gasteiger charge is 2.54. The summed E-state index contributed by atoms with van der Waals surface area (Å²) in [5.41, 5.74) is -0.650. The predicted octanol–water partition coefficient (Wildman–Crippen LogP) is 2.26. The van der Waals surface area contributed by atoms with Crippen LogP contribution in [0.5, 0.6) is 5.75 Å². The van der Waals surface area contributed by atoms with Crippen molar-refractivity contribution in [1.29, 1.82) is 0 Å². The molecule has 2 atom stereocenters. The summed E-state index contributed by atoms with van der Waals surface area (Å²) in [7, 11) is 0. The van der Waals surface area contributed by atoms with Crippen molar-refractivity contribution in [3.05, 3.63) is 58.6 Å². The van der Waals surface area contributed by atoms with Gasteiger partial charge in [0.25, 0.3) is 0 Å². The average molecular weight is 421 g/mol. The Balaban J connectivity index is 1.61. The van der Waals surface area contributed by atoms with Gasteiger partial charge in [0.15, 0.2) is 0 Å². The molecule has 8 nitrogen and oxygen atoms in total. The summed E-state index contributed by atoms with van der Waals surface area (Å²) >= 11 is 5.94. The Labute approximate surface area is 172 Å². The maximum absolute atomic E-state index is 11.4. The van der Waals surface area contributed by atoms with E-state index >= 15 is 0 Å². The number of carboxylic acid groups (broad SMARTS) is 2. The summed E-state index contributed by atoms with van der Waals surface area (Å²) in [4.78, 5) is 22.7. The van der Waals surface area contributed by atoms with E-state index in [4.69, 9.17) is 16.3 Å². The molecular formula is C20H21ClN2O6.